The molecule has 1 aliphatic heterocycles. The average molecular weight is 347 g/mol. The lowest BCUT2D eigenvalue weighted by atomic mass is 10.2. The van der Waals surface area contributed by atoms with Crippen LogP contribution in [-0.2, 0) is 4.79 Å². The fourth-order valence-electron chi connectivity index (χ4n) is 2.08. The van der Waals surface area contributed by atoms with Crippen LogP contribution in [0.4, 0.5) is 11.4 Å². The number of carbonyl (C=O) groups excluding carboxylic acids is 1. The summed E-state index contributed by atoms with van der Waals surface area (Å²) in [6, 6.07) is 9.13. The second kappa shape index (κ2) is 6.59. The Morgan fingerprint density at radius 2 is 2.00 bits per heavy atom. The number of rotatable bonds is 4. The highest BCUT2D eigenvalue weighted by atomic mass is 35.5. The first kappa shape index (κ1) is 15.8. The van der Waals surface area contributed by atoms with Crippen LogP contribution in [0.5, 0.6) is 11.5 Å². The minimum absolute atomic E-state index is 0.0917. The van der Waals surface area contributed by atoms with Crippen LogP contribution in [0.15, 0.2) is 42.5 Å². The van der Waals surface area contributed by atoms with Gasteiger partial charge in [0.15, 0.2) is 11.5 Å². The molecule has 2 aromatic carbocycles. The summed E-state index contributed by atoms with van der Waals surface area (Å²) in [5.74, 6) is 0.869. The number of non-ortho nitro benzene ring substituents is 1. The van der Waals surface area contributed by atoms with Crippen molar-refractivity contribution in [3.63, 3.8) is 0 Å². The standard InChI is InChI=1S/C16H11ClN2O5/c17-12-8-11(19(21)22)3-4-13(12)18-16(20)6-2-10-1-5-14-15(7-10)24-9-23-14/h1-8H,9H2,(H,18,20)/b6-2+. The van der Waals surface area contributed by atoms with E-state index in [4.69, 9.17) is 21.1 Å². The number of fused-ring (bicyclic) bond motifs is 1. The molecule has 0 radical (unpaired) electrons. The van der Waals surface area contributed by atoms with Gasteiger partial charge in [0.1, 0.15) is 0 Å². The third-order valence-electron chi connectivity index (χ3n) is 3.25. The zero-order valence-corrected chi connectivity index (χ0v) is 12.9. The third-order valence-corrected chi connectivity index (χ3v) is 3.56. The van der Waals surface area contributed by atoms with E-state index >= 15 is 0 Å². The van der Waals surface area contributed by atoms with E-state index in [1.54, 1.807) is 24.3 Å². The Kier molecular flexibility index (Phi) is 4.35. The van der Waals surface area contributed by atoms with Crippen molar-refractivity contribution in [2.45, 2.75) is 0 Å². The number of hydrogen-bond acceptors (Lipinski definition) is 5. The van der Waals surface area contributed by atoms with Gasteiger partial charge in [0.2, 0.25) is 12.7 Å². The zero-order valence-electron chi connectivity index (χ0n) is 12.2. The predicted octanol–water partition coefficient (Wildman–Crippen LogP) is 3.63. The van der Waals surface area contributed by atoms with Crippen molar-refractivity contribution < 1.29 is 19.2 Å². The molecule has 0 fully saturated rings. The fourth-order valence-corrected chi connectivity index (χ4v) is 2.30. The molecule has 0 aliphatic carbocycles. The molecular formula is C16H11ClN2O5. The smallest absolute Gasteiger partial charge is 0.271 e. The maximum Gasteiger partial charge on any atom is 0.271 e. The lowest BCUT2D eigenvalue weighted by Crippen LogP contribution is -2.08. The van der Waals surface area contributed by atoms with Gasteiger partial charge in [0.25, 0.3) is 5.69 Å². The van der Waals surface area contributed by atoms with Crippen molar-refractivity contribution in [3.05, 3.63) is 63.2 Å². The van der Waals surface area contributed by atoms with Gasteiger partial charge < -0.3 is 14.8 Å². The Morgan fingerprint density at radius 1 is 1.21 bits per heavy atom. The predicted molar refractivity (Wildman–Crippen MR) is 88.3 cm³/mol. The second-order valence-corrected chi connectivity index (χ2v) is 5.26. The molecule has 24 heavy (non-hydrogen) atoms. The number of hydrogen-bond donors (Lipinski definition) is 1. The van der Waals surface area contributed by atoms with Crippen molar-refractivity contribution in [3.8, 4) is 11.5 Å². The maximum atomic E-state index is 11.9. The van der Waals surface area contributed by atoms with E-state index in [1.165, 1.54) is 24.3 Å². The fraction of sp³-hybridized carbons (Fsp3) is 0.0625. The molecule has 0 aromatic heterocycles. The molecule has 0 saturated carbocycles. The first-order valence-electron chi connectivity index (χ1n) is 6.85. The molecule has 0 bridgehead atoms. The highest BCUT2D eigenvalue weighted by molar-refractivity contribution is 6.34. The normalized spacial score (nSPS) is 12.4. The van der Waals surface area contributed by atoms with Gasteiger partial charge in [-0.2, -0.15) is 0 Å². The minimum Gasteiger partial charge on any atom is -0.454 e. The van der Waals surface area contributed by atoms with E-state index < -0.39 is 10.8 Å². The van der Waals surface area contributed by atoms with Crippen LogP contribution < -0.4 is 14.8 Å². The molecule has 3 rings (SSSR count). The number of benzene rings is 2. The van der Waals surface area contributed by atoms with E-state index in [9.17, 15) is 14.9 Å². The number of nitro benzene ring substituents is 1. The molecule has 1 aliphatic rings. The van der Waals surface area contributed by atoms with Gasteiger partial charge in [0, 0.05) is 18.2 Å². The van der Waals surface area contributed by atoms with Crippen LogP contribution in [0.2, 0.25) is 5.02 Å². The molecule has 1 N–H and O–H groups in total. The summed E-state index contributed by atoms with van der Waals surface area (Å²) < 4.78 is 10.5. The SMILES string of the molecule is O=C(/C=C/c1ccc2c(c1)OCO2)Nc1ccc([N+](=O)[O-])cc1Cl. The van der Waals surface area contributed by atoms with Gasteiger partial charge >= 0.3 is 0 Å². The number of amides is 1. The molecule has 0 spiro atoms. The zero-order chi connectivity index (χ0) is 17.1. The van der Waals surface area contributed by atoms with Crippen molar-refractivity contribution >= 4 is 35.0 Å². The monoisotopic (exact) mass is 346 g/mol. The van der Waals surface area contributed by atoms with Crippen molar-refractivity contribution in [2.24, 2.45) is 0 Å². The first-order chi connectivity index (χ1) is 11.5. The quantitative estimate of drug-likeness (QED) is 0.518. The number of nitro groups is 1. The van der Waals surface area contributed by atoms with Crippen LogP contribution in [0.25, 0.3) is 6.08 Å². The van der Waals surface area contributed by atoms with Crippen LogP contribution in [0.3, 0.4) is 0 Å². The van der Waals surface area contributed by atoms with E-state index in [1.807, 2.05) is 0 Å². The van der Waals surface area contributed by atoms with Gasteiger partial charge in [-0.15, -0.1) is 0 Å². The summed E-state index contributed by atoms with van der Waals surface area (Å²) in [5.41, 5.74) is 0.917. The number of nitrogens with one attached hydrogen (secondary N) is 1. The van der Waals surface area contributed by atoms with E-state index in [0.29, 0.717) is 17.2 Å². The average Bonchev–Trinajstić information content (AvgIpc) is 3.02. The summed E-state index contributed by atoms with van der Waals surface area (Å²) in [6.07, 6.45) is 2.94. The Labute approximate surface area is 141 Å². The molecule has 2 aromatic rings. The molecule has 8 heteroatoms. The van der Waals surface area contributed by atoms with Crippen molar-refractivity contribution in [1.82, 2.24) is 0 Å². The second-order valence-electron chi connectivity index (χ2n) is 4.86. The molecule has 1 amide bonds. The minimum atomic E-state index is -0.559. The highest BCUT2D eigenvalue weighted by Gasteiger charge is 2.13. The Hall–Kier alpha value is -3.06. The van der Waals surface area contributed by atoms with Gasteiger partial charge in [-0.1, -0.05) is 17.7 Å². The van der Waals surface area contributed by atoms with Gasteiger partial charge in [-0.05, 0) is 29.8 Å². The largest absolute Gasteiger partial charge is 0.454 e. The summed E-state index contributed by atoms with van der Waals surface area (Å²) in [7, 11) is 0. The molecule has 0 atom stereocenters. The van der Waals surface area contributed by atoms with E-state index in [0.717, 1.165) is 5.56 Å². The molecule has 122 valence electrons. The molecule has 1 heterocycles. The van der Waals surface area contributed by atoms with Crippen LogP contribution in [0, 0.1) is 10.1 Å². The van der Waals surface area contributed by atoms with Gasteiger partial charge in [-0.25, -0.2) is 0 Å². The topological polar surface area (TPSA) is 90.7 Å². The van der Waals surface area contributed by atoms with Crippen molar-refractivity contribution in [2.75, 3.05) is 12.1 Å². The Balaban J connectivity index is 1.68. The summed E-state index contributed by atoms with van der Waals surface area (Å²) in [6.45, 7) is 0.182. The number of halogens is 1. The summed E-state index contributed by atoms with van der Waals surface area (Å²) >= 11 is 5.92. The Bertz CT molecular complexity index is 850. The molecular weight excluding hydrogens is 336 g/mol. The van der Waals surface area contributed by atoms with Gasteiger partial charge in [0.05, 0.1) is 15.6 Å². The van der Waals surface area contributed by atoms with E-state index in [-0.39, 0.29) is 17.5 Å². The third kappa shape index (κ3) is 3.47. The highest BCUT2D eigenvalue weighted by Crippen LogP contribution is 2.32. The Morgan fingerprint density at radius 3 is 2.75 bits per heavy atom. The lowest BCUT2D eigenvalue weighted by molar-refractivity contribution is -0.384. The number of ether oxygens (including phenoxy) is 2. The number of nitrogens with zero attached hydrogens (tertiary/aromatic N) is 1. The number of anilines is 1. The van der Waals surface area contributed by atoms with Crippen LogP contribution in [-0.4, -0.2) is 17.6 Å². The molecule has 0 saturated heterocycles. The van der Waals surface area contributed by atoms with Gasteiger partial charge in [-0.3, -0.25) is 14.9 Å². The lowest BCUT2D eigenvalue weighted by Gasteiger charge is -2.04. The van der Waals surface area contributed by atoms with Crippen LogP contribution >= 0.6 is 11.6 Å². The van der Waals surface area contributed by atoms with Crippen LogP contribution in [0.1, 0.15) is 5.56 Å². The van der Waals surface area contributed by atoms with Crippen molar-refractivity contribution in [1.29, 1.82) is 0 Å². The molecule has 7 nitrogen and oxygen atoms in total. The molecule has 0 unspecified atom stereocenters. The van der Waals surface area contributed by atoms with E-state index in [2.05, 4.69) is 5.32 Å². The summed E-state index contributed by atoms with van der Waals surface area (Å²) in [4.78, 5) is 22.0. The first-order valence-corrected chi connectivity index (χ1v) is 7.23. The number of carbonyl (C=O) groups is 1. The maximum absolute atomic E-state index is 11.9. The summed E-state index contributed by atoms with van der Waals surface area (Å²) in [5, 5.41) is 13.3.